The summed E-state index contributed by atoms with van der Waals surface area (Å²) < 4.78 is 21.9. The number of benzene rings is 3. The van der Waals surface area contributed by atoms with Crippen molar-refractivity contribution in [2.24, 2.45) is 0 Å². The third-order valence-electron chi connectivity index (χ3n) is 6.78. The zero-order valence-electron chi connectivity index (χ0n) is 23.9. The average Bonchev–Trinajstić information content (AvgIpc) is 3.55. The quantitative estimate of drug-likeness (QED) is 0.160. The molecule has 0 fully saturated rings. The van der Waals surface area contributed by atoms with Crippen molar-refractivity contribution in [3.05, 3.63) is 89.4 Å². The number of nitrogens with zero attached hydrogens (tertiary/aromatic N) is 3. The Morgan fingerprint density at radius 1 is 1.10 bits per heavy atom. The van der Waals surface area contributed by atoms with Crippen molar-refractivity contribution in [2.45, 2.75) is 46.2 Å². The van der Waals surface area contributed by atoms with E-state index in [2.05, 4.69) is 65.8 Å². The minimum atomic E-state index is -0.479. The van der Waals surface area contributed by atoms with E-state index >= 15 is 0 Å². The minimum Gasteiger partial charge on any atom is -0.457 e. The summed E-state index contributed by atoms with van der Waals surface area (Å²) in [5, 5.41) is 27.0. The summed E-state index contributed by atoms with van der Waals surface area (Å²) in [6, 6.07) is 17.1. The van der Waals surface area contributed by atoms with E-state index in [1.165, 1.54) is 29.3 Å². The Morgan fingerprint density at radius 3 is 2.67 bits per heavy atom. The number of aliphatic hydroxyl groups is 1. The Kier molecular flexibility index (Phi) is 9.18. The summed E-state index contributed by atoms with van der Waals surface area (Å²) >= 11 is 0. The number of aryl methyl sites for hydroxylation is 1. The van der Waals surface area contributed by atoms with E-state index in [1.54, 1.807) is 23.0 Å². The van der Waals surface area contributed by atoms with Crippen LogP contribution in [0.25, 0.3) is 22.2 Å². The number of aliphatic hydroxyl groups excluding tert-OH is 1. The van der Waals surface area contributed by atoms with Gasteiger partial charge in [-0.3, -0.25) is 15.1 Å². The molecule has 0 atom stereocenters. The molecule has 5 aromatic rings. The normalized spacial score (nSPS) is 11.3. The highest BCUT2D eigenvalue weighted by molar-refractivity contribution is 5.89. The Bertz CT molecular complexity index is 1710. The molecule has 0 aliphatic carbocycles. The highest BCUT2D eigenvalue weighted by Crippen LogP contribution is 2.31. The zero-order valence-corrected chi connectivity index (χ0v) is 24.7. The summed E-state index contributed by atoms with van der Waals surface area (Å²) in [7, 11) is 0. The number of nitrogens with one attached hydrogen (secondary N) is 3. The lowest BCUT2D eigenvalue weighted by Crippen LogP contribution is -2.28. The number of hydrogen-bond donors (Lipinski definition) is 4. The monoisotopic (exact) mass is 592 g/mol. The standard InChI is InChI=1S/C31H33FN6O3.ClH/c1-19-5-6-20(15-25(19)31(2,3)4)26-16-29(37-36-26)35-30(40)33-17-22-13-23(32)7-10-28(22)41-24-8-9-27-21(14-24)18-34-38(27)11-12-39;/h5-10,13-16,18,39H,11-12,17H2,1-4H3,(H3,33,35,36,37,40);1H. The SMILES string of the molecule is Cc1ccc(-c2cc(NC(=O)NCc3cc(F)ccc3Oc3ccc4c(cnn4CCO)c3)[nH]n2)cc1C(C)(C)C.Cl. The first kappa shape index (κ1) is 30.5. The van der Waals surface area contributed by atoms with Crippen molar-refractivity contribution in [3.63, 3.8) is 0 Å². The summed E-state index contributed by atoms with van der Waals surface area (Å²) in [6.45, 7) is 9.01. The molecule has 220 valence electrons. The third kappa shape index (κ3) is 6.89. The highest BCUT2D eigenvalue weighted by Gasteiger charge is 2.18. The van der Waals surface area contributed by atoms with Crippen molar-refractivity contribution < 1.29 is 19.0 Å². The van der Waals surface area contributed by atoms with Gasteiger partial charge in [-0.05, 0) is 65.9 Å². The van der Waals surface area contributed by atoms with Gasteiger partial charge in [0.15, 0.2) is 0 Å². The summed E-state index contributed by atoms with van der Waals surface area (Å²) in [6.07, 6.45) is 1.69. The Morgan fingerprint density at radius 2 is 1.90 bits per heavy atom. The van der Waals surface area contributed by atoms with Crippen molar-refractivity contribution in [3.8, 4) is 22.8 Å². The van der Waals surface area contributed by atoms with E-state index in [4.69, 9.17) is 4.74 Å². The number of aromatic amines is 1. The number of carbonyl (C=O) groups is 1. The molecule has 0 saturated carbocycles. The topological polar surface area (TPSA) is 117 Å². The van der Waals surface area contributed by atoms with Crippen LogP contribution in [0.4, 0.5) is 15.0 Å². The molecule has 0 bridgehead atoms. The van der Waals surface area contributed by atoms with Crippen LogP contribution in [0, 0.1) is 12.7 Å². The number of anilines is 1. The van der Waals surface area contributed by atoms with E-state index in [0.717, 1.165) is 16.5 Å². The molecular weight excluding hydrogens is 559 g/mol. The van der Waals surface area contributed by atoms with E-state index in [-0.39, 0.29) is 31.0 Å². The van der Waals surface area contributed by atoms with Crippen LogP contribution in [0.3, 0.4) is 0 Å². The van der Waals surface area contributed by atoms with Crippen LogP contribution in [0.5, 0.6) is 11.5 Å². The van der Waals surface area contributed by atoms with Gasteiger partial charge in [0.1, 0.15) is 23.1 Å². The summed E-state index contributed by atoms with van der Waals surface area (Å²) in [5.41, 5.74) is 5.43. The number of H-pyrrole nitrogens is 1. The number of ether oxygens (including phenoxy) is 1. The Balaban J connectivity index is 0.00000405. The smallest absolute Gasteiger partial charge is 0.320 e. The number of rotatable bonds is 8. The molecule has 4 N–H and O–H groups in total. The molecule has 3 aromatic carbocycles. The third-order valence-corrected chi connectivity index (χ3v) is 6.78. The van der Waals surface area contributed by atoms with Crippen molar-refractivity contribution in [1.29, 1.82) is 0 Å². The molecule has 0 saturated heterocycles. The van der Waals surface area contributed by atoms with E-state index < -0.39 is 11.8 Å². The first-order chi connectivity index (χ1) is 19.6. The zero-order chi connectivity index (χ0) is 29.1. The second-order valence-electron chi connectivity index (χ2n) is 10.9. The van der Waals surface area contributed by atoms with E-state index in [9.17, 15) is 14.3 Å². The molecule has 5 rings (SSSR count). The van der Waals surface area contributed by atoms with Gasteiger partial charge < -0.3 is 15.2 Å². The average molecular weight is 593 g/mol. The lowest BCUT2D eigenvalue weighted by atomic mass is 9.83. The molecule has 42 heavy (non-hydrogen) atoms. The van der Waals surface area contributed by atoms with Gasteiger partial charge in [0.2, 0.25) is 0 Å². The predicted molar refractivity (Wildman–Crippen MR) is 164 cm³/mol. The lowest BCUT2D eigenvalue weighted by molar-refractivity contribution is 0.251. The fourth-order valence-electron chi connectivity index (χ4n) is 4.78. The van der Waals surface area contributed by atoms with E-state index in [1.807, 2.05) is 18.2 Å². The number of fused-ring (bicyclic) bond motifs is 1. The van der Waals surface area contributed by atoms with Crippen molar-refractivity contribution in [2.75, 3.05) is 11.9 Å². The van der Waals surface area contributed by atoms with Crippen molar-refractivity contribution in [1.82, 2.24) is 25.3 Å². The molecule has 0 spiro atoms. The second-order valence-corrected chi connectivity index (χ2v) is 10.9. The maximum atomic E-state index is 14.1. The van der Waals surface area contributed by atoms with Gasteiger partial charge in [0.25, 0.3) is 0 Å². The number of aromatic nitrogens is 4. The molecule has 0 aliphatic rings. The van der Waals surface area contributed by atoms with Gasteiger partial charge in [-0.25, -0.2) is 9.18 Å². The number of amides is 2. The maximum Gasteiger partial charge on any atom is 0.320 e. The van der Waals surface area contributed by atoms with Crippen LogP contribution in [0.2, 0.25) is 0 Å². The second kappa shape index (κ2) is 12.6. The van der Waals surface area contributed by atoms with Gasteiger partial charge in [0, 0.05) is 29.1 Å². The highest BCUT2D eigenvalue weighted by atomic mass is 35.5. The number of carbonyl (C=O) groups excluding carboxylic acids is 1. The first-order valence-corrected chi connectivity index (χ1v) is 13.4. The van der Waals surface area contributed by atoms with Crippen LogP contribution in [0.15, 0.2) is 66.9 Å². The van der Waals surface area contributed by atoms with Gasteiger partial charge in [-0.2, -0.15) is 10.2 Å². The van der Waals surface area contributed by atoms with Crippen LogP contribution in [-0.2, 0) is 18.5 Å². The van der Waals surface area contributed by atoms with Gasteiger partial charge >= 0.3 is 6.03 Å². The molecule has 0 unspecified atom stereocenters. The molecule has 0 radical (unpaired) electrons. The van der Waals surface area contributed by atoms with E-state index in [0.29, 0.717) is 35.1 Å². The van der Waals surface area contributed by atoms with Crippen LogP contribution < -0.4 is 15.4 Å². The molecule has 0 aliphatic heterocycles. The van der Waals surface area contributed by atoms with Crippen LogP contribution in [-0.4, -0.2) is 37.7 Å². The molecular formula is C31H34ClFN6O3. The molecule has 2 heterocycles. The van der Waals surface area contributed by atoms with Gasteiger partial charge in [-0.15, -0.1) is 12.4 Å². The predicted octanol–water partition coefficient (Wildman–Crippen LogP) is 6.70. The van der Waals surface area contributed by atoms with Crippen molar-refractivity contribution >= 4 is 35.2 Å². The molecule has 2 amide bonds. The molecule has 9 nitrogen and oxygen atoms in total. The summed E-state index contributed by atoms with van der Waals surface area (Å²) in [4.78, 5) is 12.7. The number of hydrogen-bond acceptors (Lipinski definition) is 5. The number of halogens is 2. The maximum absolute atomic E-state index is 14.1. The Hall–Kier alpha value is -4.41. The minimum absolute atomic E-state index is 0. The fourth-order valence-corrected chi connectivity index (χ4v) is 4.78. The van der Waals surface area contributed by atoms with Gasteiger partial charge in [-0.1, -0.05) is 32.9 Å². The van der Waals surface area contributed by atoms with Gasteiger partial charge in [0.05, 0.1) is 30.6 Å². The summed E-state index contributed by atoms with van der Waals surface area (Å²) in [5.74, 6) is 0.933. The molecule has 2 aromatic heterocycles. The molecule has 11 heteroatoms. The fraction of sp³-hybridized carbons (Fsp3) is 0.258. The first-order valence-electron chi connectivity index (χ1n) is 13.4. The van der Waals surface area contributed by atoms with Crippen LogP contribution in [0.1, 0.15) is 37.5 Å². The van der Waals surface area contributed by atoms with Crippen LogP contribution >= 0.6 is 12.4 Å². The number of urea groups is 1. The lowest BCUT2D eigenvalue weighted by Gasteiger charge is -2.22. The largest absolute Gasteiger partial charge is 0.457 e. The Labute approximate surface area is 249 Å².